The summed E-state index contributed by atoms with van der Waals surface area (Å²) >= 11 is 0. The number of nitrogens with one attached hydrogen (secondary N) is 1. The average Bonchev–Trinajstić information content (AvgIpc) is 3.08. The molecule has 1 fully saturated rings. The van der Waals surface area contributed by atoms with Gasteiger partial charge in [0.2, 0.25) is 0 Å². The van der Waals surface area contributed by atoms with Crippen LogP contribution >= 0.6 is 0 Å². The molecule has 1 N–H and O–H groups in total. The highest BCUT2D eigenvalue weighted by atomic mass is 16.1. The number of rotatable bonds is 5. The molecule has 0 amide bonds. The van der Waals surface area contributed by atoms with Gasteiger partial charge in [-0.2, -0.15) is 0 Å². The Kier molecular flexibility index (Phi) is 5.68. The summed E-state index contributed by atoms with van der Waals surface area (Å²) in [6, 6.07) is 15.7. The molecule has 0 bridgehead atoms. The highest BCUT2D eigenvalue weighted by Gasteiger charge is 2.27. The Hall–Kier alpha value is -2.37. The first-order chi connectivity index (χ1) is 12.2. The predicted octanol–water partition coefficient (Wildman–Crippen LogP) is 4.57. The van der Waals surface area contributed by atoms with E-state index in [0.29, 0.717) is 11.0 Å². The lowest BCUT2D eigenvalue weighted by atomic mass is 9.89. The Balaban J connectivity index is 1.53. The van der Waals surface area contributed by atoms with Crippen LogP contribution < -0.4 is 5.32 Å². The quantitative estimate of drug-likeness (QED) is 0.642. The van der Waals surface area contributed by atoms with Crippen LogP contribution in [0.15, 0.2) is 48.5 Å². The van der Waals surface area contributed by atoms with Crippen LogP contribution in [0.1, 0.15) is 59.7 Å². The molecule has 2 aromatic carbocycles. The minimum Gasteiger partial charge on any atom is -0.312 e. The van der Waals surface area contributed by atoms with Crippen LogP contribution in [-0.4, -0.2) is 12.8 Å². The van der Waals surface area contributed by atoms with Gasteiger partial charge < -0.3 is 5.32 Å². The number of aldehydes is 1. The zero-order valence-corrected chi connectivity index (χ0v) is 14.8. The van der Waals surface area contributed by atoms with Crippen molar-refractivity contribution >= 4 is 6.29 Å². The number of hydrogen-bond acceptors (Lipinski definition) is 2. The third-order valence-electron chi connectivity index (χ3n) is 5.04. The Morgan fingerprint density at radius 2 is 1.52 bits per heavy atom. The third kappa shape index (κ3) is 5.05. The summed E-state index contributed by atoms with van der Waals surface area (Å²) in [7, 11) is 0. The standard InChI is InChI=1S/C23H25NO/c1-23(14-2-3-15-23)18-24-16-21-10-6-19(7-11-21)4-5-20-8-12-22(17-25)13-9-20/h6-13,17,24H,2-3,14-16,18H2,1H3. The van der Waals surface area contributed by atoms with E-state index >= 15 is 0 Å². The maximum Gasteiger partial charge on any atom is 0.150 e. The van der Waals surface area contributed by atoms with Crippen LogP contribution in [0.5, 0.6) is 0 Å². The third-order valence-corrected chi connectivity index (χ3v) is 5.04. The van der Waals surface area contributed by atoms with Crippen LogP contribution in [-0.2, 0) is 6.54 Å². The van der Waals surface area contributed by atoms with E-state index in [9.17, 15) is 4.79 Å². The molecule has 0 aromatic heterocycles. The van der Waals surface area contributed by atoms with Gasteiger partial charge in [0, 0.05) is 29.8 Å². The molecule has 25 heavy (non-hydrogen) atoms. The largest absolute Gasteiger partial charge is 0.312 e. The fraction of sp³-hybridized carbons (Fsp3) is 0.348. The minimum absolute atomic E-state index is 0.491. The van der Waals surface area contributed by atoms with Crippen molar-refractivity contribution in [2.45, 2.75) is 39.2 Å². The molecule has 1 aliphatic rings. The molecule has 0 heterocycles. The second-order valence-electron chi connectivity index (χ2n) is 7.31. The summed E-state index contributed by atoms with van der Waals surface area (Å²) in [5.74, 6) is 6.31. The average molecular weight is 331 g/mol. The van der Waals surface area contributed by atoms with Gasteiger partial charge in [-0.3, -0.25) is 4.79 Å². The lowest BCUT2D eigenvalue weighted by molar-refractivity contribution is 0.112. The Morgan fingerprint density at radius 3 is 2.08 bits per heavy atom. The molecular weight excluding hydrogens is 306 g/mol. The van der Waals surface area contributed by atoms with Crippen LogP contribution in [0.4, 0.5) is 0 Å². The summed E-state index contributed by atoms with van der Waals surface area (Å²) in [5.41, 5.74) is 4.38. The molecule has 3 rings (SSSR count). The molecule has 0 unspecified atom stereocenters. The Bertz CT molecular complexity index is 756. The lowest BCUT2D eigenvalue weighted by Gasteiger charge is -2.23. The summed E-state index contributed by atoms with van der Waals surface area (Å²) in [5, 5.41) is 3.61. The Morgan fingerprint density at radius 1 is 0.960 bits per heavy atom. The van der Waals surface area contributed by atoms with E-state index in [2.05, 4.69) is 48.3 Å². The molecule has 0 aliphatic heterocycles. The molecule has 0 saturated heterocycles. The number of hydrogen-bond donors (Lipinski definition) is 1. The van der Waals surface area contributed by atoms with E-state index in [0.717, 1.165) is 30.5 Å². The van der Waals surface area contributed by atoms with Crippen molar-refractivity contribution in [1.82, 2.24) is 5.32 Å². The zero-order chi connectivity index (χ0) is 17.5. The van der Waals surface area contributed by atoms with E-state index in [1.54, 1.807) is 12.1 Å². The molecule has 2 aromatic rings. The zero-order valence-electron chi connectivity index (χ0n) is 14.8. The number of carbonyl (C=O) groups is 1. The van der Waals surface area contributed by atoms with Crippen LogP contribution in [0, 0.1) is 17.3 Å². The maximum absolute atomic E-state index is 10.7. The molecule has 128 valence electrons. The fourth-order valence-electron chi connectivity index (χ4n) is 3.41. The van der Waals surface area contributed by atoms with Crippen molar-refractivity contribution < 1.29 is 4.79 Å². The van der Waals surface area contributed by atoms with Gasteiger partial charge in [0.1, 0.15) is 6.29 Å². The van der Waals surface area contributed by atoms with Crippen molar-refractivity contribution in [3.8, 4) is 11.8 Å². The molecule has 1 saturated carbocycles. The fourth-order valence-corrected chi connectivity index (χ4v) is 3.41. The molecular formula is C23H25NO. The summed E-state index contributed by atoms with van der Waals surface area (Å²) in [4.78, 5) is 10.7. The van der Waals surface area contributed by atoms with Crippen molar-refractivity contribution in [2.75, 3.05) is 6.54 Å². The van der Waals surface area contributed by atoms with Gasteiger partial charge in [0.05, 0.1) is 0 Å². The van der Waals surface area contributed by atoms with Crippen molar-refractivity contribution in [3.63, 3.8) is 0 Å². The molecule has 0 radical (unpaired) electrons. The van der Waals surface area contributed by atoms with E-state index < -0.39 is 0 Å². The van der Waals surface area contributed by atoms with E-state index in [1.807, 2.05) is 12.1 Å². The van der Waals surface area contributed by atoms with Gasteiger partial charge in [-0.05, 0) is 48.1 Å². The van der Waals surface area contributed by atoms with Gasteiger partial charge in [0.15, 0.2) is 0 Å². The van der Waals surface area contributed by atoms with Gasteiger partial charge in [-0.1, -0.05) is 55.9 Å². The number of benzene rings is 2. The molecule has 0 spiro atoms. The molecule has 2 heteroatoms. The lowest BCUT2D eigenvalue weighted by Crippen LogP contribution is -2.29. The van der Waals surface area contributed by atoms with E-state index in [1.165, 1.54) is 31.2 Å². The highest BCUT2D eigenvalue weighted by Crippen LogP contribution is 2.36. The van der Waals surface area contributed by atoms with Gasteiger partial charge in [0.25, 0.3) is 0 Å². The van der Waals surface area contributed by atoms with Crippen molar-refractivity contribution in [1.29, 1.82) is 0 Å². The normalized spacial score (nSPS) is 15.4. The first kappa shape index (κ1) is 17.5. The van der Waals surface area contributed by atoms with Crippen LogP contribution in [0.25, 0.3) is 0 Å². The SMILES string of the molecule is CC1(CNCc2ccc(C#Cc3ccc(C=O)cc3)cc2)CCCC1. The van der Waals surface area contributed by atoms with Gasteiger partial charge >= 0.3 is 0 Å². The second-order valence-corrected chi connectivity index (χ2v) is 7.31. The smallest absolute Gasteiger partial charge is 0.150 e. The highest BCUT2D eigenvalue weighted by molar-refractivity contribution is 5.74. The first-order valence-corrected chi connectivity index (χ1v) is 9.04. The van der Waals surface area contributed by atoms with Crippen molar-refractivity contribution in [2.24, 2.45) is 5.41 Å². The van der Waals surface area contributed by atoms with Gasteiger partial charge in [-0.25, -0.2) is 0 Å². The first-order valence-electron chi connectivity index (χ1n) is 9.04. The predicted molar refractivity (Wildman–Crippen MR) is 103 cm³/mol. The number of carbonyl (C=O) groups excluding carboxylic acids is 1. The minimum atomic E-state index is 0.491. The van der Waals surface area contributed by atoms with Crippen LogP contribution in [0.3, 0.4) is 0 Å². The van der Waals surface area contributed by atoms with Gasteiger partial charge in [-0.15, -0.1) is 0 Å². The van der Waals surface area contributed by atoms with Crippen molar-refractivity contribution in [3.05, 3.63) is 70.8 Å². The summed E-state index contributed by atoms with van der Waals surface area (Å²) in [6.45, 7) is 4.41. The molecule has 2 nitrogen and oxygen atoms in total. The van der Waals surface area contributed by atoms with Crippen LogP contribution in [0.2, 0.25) is 0 Å². The van der Waals surface area contributed by atoms with E-state index in [-0.39, 0.29) is 0 Å². The monoisotopic (exact) mass is 331 g/mol. The Labute approximate surface area is 150 Å². The summed E-state index contributed by atoms with van der Waals surface area (Å²) in [6.07, 6.45) is 6.30. The summed E-state index contributed by atoms with van der Waals surface area (Å²) < 4.78 is 0. The maximum atomic E-state index is 10.7. The molecule has 1 aliphatic carbocycles. The van der Waals surface area contributed by atoms with E-state index in [4.69, 9.17) is 0 Å². The molecule has 0 atom stereocenters. The second kappa shape index (κ2) is 8.14. The topological polar surface area (TPSA) is 29.1 Å².